The Bertz CT molecular complexity index is 1330. The molecule has 0 bridgehead atoms. The molecule has 1 amide bonds. The zero-order valence-electron chi connectivity index (χ0n) is 19.3. The van der Waals surface area contributed by atoms with E-state index < -0.39 is 0 Å². The molecule has 0 aromatic carbocycles. The molecular weight excluding hydrogens is 466 g/mol. The Morgan fingerprint density at radius 1 is 1.09 bits per heavy atom. The van der Waals surface area contributed by atoms with Gasteiger partial charge in [-0.3, -0.25) is 4.79 Å². The van der Waals surface area contributed by atoms with Crippen molar-refractivity contribution >= 4 is 34.8 Å². The average Bonchev–Trinajstić information content (AvgIpc) is 3.79. The van der Waals surface area contributed by atoms with Crippen molar-refractivity contribution in [2.75, 3.05) is 17.7 Å². The van der Waals surface area contributed by atoms with E-state index in [1.54, 1.807) is 31.4 Å². The van der Waals surface area contributed by atoms with Crippen LogP contribution in [0.25, 0.3) is 5.65 Å². The lowest BCUT2D eigenvalue weighted by Gasteiger charge is -2.06. The zero-order valence-corrected chi connectivity index (χ0v) is 20.1. The summed E-state index contributed by atoms with van der Waals surface area (Å²) in [6, 6.07) is 11.2. The van der Waals surface area contributed by atoms with Gasteiger partial charge in [-0.25, -0.2) is 19.9 Å². The summed E-state index contributed by atoms with van der Waals surface area (Å²) < 4.78 is 6.89. The van der Waals surface area contributed by atoms with Gasteiger partial charge in [-0.2, -0.15) is 0 Å². The number of imidazole rings is 1. The Morgan fingerprint density at radius 3 is 2.63 bits per heavy atom. The maximum Gasteiger partial charge on any atom is 0.228 e. The van der Waals surface area contributed by atoms with Crippen LogP contribution in [-0.4, -0.2) is 37.4 Å². The van der Waals surface area contributed by atoms with Gasteiger partial charge in [0.05, 0.1) is 19.3 Å². The van der Waals surface area contributed by atoms with Gasteiger partial charge in [-0.15, -0.1) is 0 Å². The number of carbonyl (C=O) groups is 1. The summed E-state index contributed by atoms with van der Waals surface area (Å²) in [5, 5.41) is 6.54. The summed E-state index contributed by atoms with van der Waals surface area (Å²) in [5.74, 6) is 2.67. The fraction of sp³-hybridized carbons (Fsp3) is 0.320. The highest BCUT2D eigenvalue weighted by Gasteiger charge is 2.29. The first-order valence-electron chi connectivity index (χ1n) is 11.6. The topological polar surface area (TPSA) is 106 Å². The Hall–Kier alpha value is -3.72. The number of amides is 1. The van der Waals surface area contributed by atoms with E-state index in [0.717, 1.165) is 30.1 Å². The molecule has 4 aromatic rings. The SMILES string of the molecule is COc1cccc(Cl)n1.O=C(Nc1cc(NCc2cn3cc(C4CC4)ccc3n2)ncn1)C1CC1. The summed E-state index contributed by atoms with van der Waals surface area (Å²) in [4.78, 5) is 28.6. The van der Waals surface area contributed by atoms with Crippen molar-refractivity contribution in [3.05, 3.63) is 71.5 Å². The van der Waals surface area contributed by atoms with Gasteiger partial charge < -0.3 is 19.8 Å². The number of aromatic nitrogens is 5. The lowest BCUT2D eigenvalue weighted by Crippen LogP contribution is -2.14. The molecule has 0 atom stereocenters. The fourth-order valence-corrected chi connectivity index (χ4v) is 3.74. The number of halogens is 1. The van der Waals surface area contributed by atoms with E-state index in [4.69, 9.17) is 16.3 Å². The van der Waals surface area contributed by atoms with Crippen LogP contribution in [0.2, 0.25) is 5.15 Å². The second-order valence-corrected chi connectivity index (χ2v) is 9.03. The second kappa shape index (κ2) is 10.3. The number of hydrogen-bond donors (Lipinski definition) is 2. The highest BCUT2D eigenvalue weighted by Crippen LogP contribution is 2.39. The number of fused-ring (bicyclic) bond motifs is 1. The van der Waals surface area contributed by atoms with Crippen molar-refractivity contribution in [2.45, 2.75) is 38.1 Å². The molecule has 2 N–H and O–H groups in total. The molecule has 2 aliphatic rings. The molecule has 4 heterocycles. The lowest BCUT2D eigenvalue weighted by molar-refractivity contribution is -0.117. The summed E-state index contributed by atoms with van der Waals surface area (Å²) in [5.41, 5.74) is 3.28. The number of methoxy groups -OCH3 is 1. The Morgan fingerprint density at radius 2 is 1.91 bits per heavy atom. The van der Waals surface area contributed by atoms with Gasteiger partial charge in [0, 0.05) is 30.4 Å². The summed E-state index contributed by atoms with van der Waals surface area (Å²) in [7, 11) is 1.55. The predicted octanol–water partition coefficient (Wildman–Crippen LogP) is 4.71. The maximum atomic E-state index is 11.8. The van der Waals surface area contributed by atoms with Gasteiger partial charge in [-0.05, 0) is 49.3 Å². The van der Waals surface area contributed by atoms with Crippen molar-refractivity contribution < 1.29 is 9.53 Å². The predicted molar refractivity (Wildman–Crippen MR) is 134 cm³/mol. The minimum atomic E-state index is 0.0430. The number of anilines is 2. The molecule has 4 aromatic heterocycles. The highest BCUT2D eigenvalue weighted by molar-refractivity contribution is 6.29. The van der Waals surface area contributed by atoms with Crippen LogP contribution < -0.4 is 15.4 Å². The van der Waals surface area contributed by atoms with E-state index in [2.05, 4.69) is 53.3 Å². The van der Waals surface area contributed by atoms with Gasteiger partial charge in [0.25, 0.3) is 0 Å². The first-order chi connectivity index (χ1) is 17.1. The van der Waals surface area contributed by atoms with E-state index in [0.29, 0.717) is 29.2 Å². The van der Waals surface area contributed by atoms with Gasteiger partial charge in [0.15, 0.2) is 0 Å². The third-order valence-corrected chi connectivity index (χ3v) is 6.00. The lowest BCUT2D eigenvalue weighted by atomic mass is 10.2. The van der Waals surface area contributed by atoms with Crippen molar-refractivity contribution in [2.24, 2.45) is 5.92 Å². The number of rotatable bonds is 7. The third kappa shape index (κ3) is 6.24. The standard InChI is InChI=1S/C19H20N6O.C6H6ClNO/c26-19(13-3-4-13)24-17-7-16(21-11-22-17)20-8-15-10-25-9-14(12-1-2-12)5-6-18(25)23-15;1-9-6-4-2-3-5(7)8-6/h5-7,9-13H,1-4,8H2,(H2,20,21,22,24,26);2-4H,1H3. The Labute approximate surface area is 207 Å². The molecule has 0 saturated heterocycles. The quantitative estimate of drug-likeness (QED) is 0.361. The monoisotopic (exact) mass is 491 g/mol. The van der Waals surface area contributed by atoms with E-state index in [9.17, 15) is 4.79 Å². The molecule has 2 aliphatic carbocycles. The number of nitrogens with zero attached hydrogens (tertiary/aromatic N) is 5. The van der Waals surface area contributed by atoms with Crippen molar-refractivity contribution in [1.82, 2.24) is 24.3 Å². The Kier molecular flexibility index (Phi) is 6.76. The van der Waals surface area contributed by atoms with E-state index in [1.165, 1.54) is 24.7 Å². The van der Waals surface area contributed by atoms with Crippen molar-refractivity contribution in [3.8, 4) is 5.88 Å². The molecule has 0 spiro atoms. The van der Waals surface area contributed by atoms with Crippen LogP contribution in [0.5, 0.6) is 5.88 Å². The number of pyridine rings is 2. The van der Waals surface area contributed by atoms with E-state index >= 15 is 0 Å². The minimum absolute atomic E-state index is 0.0430. The van der Waals surface area contributed by atoms with E-state index in [-0.39, 0.29) is 11.8 Å². The molecule has 180 valence electrons. The van der Waals surface area contributed by atoms with Crippen LogP contribution in [0.3, 0.4) is 0 Å². The average molecular weight is 492 g/mol. The molecule has 9 nitrogen and oxygen atoms in total. The zero-order chi connectivity index (χ0) is 24.2. The normalized spacial score (nSPS) is 14.7. The van der Waals surface area contributed by atoms with Gasteiger partial charge in [0.2, 0.25) is 11.8 Å². The van der Waals surface area contributed by atoms with Crippen LogP contribution in [0.15, 0.2) is 55.1 Å². The highest BCUT2D eigenvalue weighted by atomic mass is 35.5. The van der Waals surface area contributed by atoms with Crippen LogP contribution in [0.1, 0.15) is 42.9 Å². The number of nitrogens with one attached hydrogen (secondary N) is 2. The molecule has 35 heavy (non-hydrogen) atoms. The molecular formula is C25H26ClN7O2. The van der Waals surface area contributed by atoms with Crippen molar-refractivity contribution in [3.63, 3.8) is 0 Å². The molecule has 2 saturated carbocycles. The fourth-order valence-electron chi connectivity index (χ4n) is 3.59. The van der Waals surface area contributed by atoms with Crippen LogP contribution in [0, 0.1) is 5.92 Å². The summed E-state index contributed by atoms with van der Waals surface area (Å²) in [6.45, 7) is 0.563. The Balaban J connectivity index is 0.000000239. The number of carbonyl (C=O) groups excluding carboxylic acids is 1. The molecule has 0 unspecified atom stereocenters. The van der Waals surface area contributed by atoms with Gasteiger partial charge in [-0.1, -0.05) is 23.7 Å². The van der Waals surface area contributed by atoms with Crippen LogP contribution in [0.4, 0.5) is 11.6 Å². The molecule has 2 fully saturated rings. The van der Waals surface area contributed by atoms with Crippen LogP contribution >= 0.6 is 11.6 Å². The number of ether oxygens (including phenoxy) is 1. The first kappa shape index (κ1) is 23.0. The minimum Gasteiger partial charge on any atom is -0.481 e. The second-order valence-electron chi connectivity index (χ2n) is 8.64. The molecule has 6 rings (SSSR count). The molecule has 0 aliphatic heterocycles. The first-order valence-corrected chi connectivity index (χ1v) is 12.0. The molecule has 10 heteroatoms. The number of hydrogen-bond acceptors (Lipinski definition) is 7. The summed E-state index contributed by atoms with van der Waals surface area (Å²) in [6.07, 6.45) is 10.2. The smallest absolute Gasteiger partial charge is 0.228 e. The maximum absolute atomic E-state index is 11.8. The third-order valence-electron chi connectivity index (χ3n) is 5.79. The van der Waals surface area contributed by atoms with Crippen molar-refractivity contribution in [1.29, 1.82) is 0 Å². The summed E-state index contributed by atoms with van der Waals surface area (Å²) >= 11 is 5.53. The van der Waals surface area contributed by atoms with Gasteiger partial charge in [0.1, 0.15) is 28.8 Å². The largest absolute Gasteiger partial charge is 0.481 e. The van der Waals surface area contributed by atoms with E-state index in [1.807, 2.05) is 6.20 Å². The molecule has 0 radical (unpaired) electrons. The van der Waals surface area contributed by atoms with Gasteiger partial charge >= 0.3 is 0 Å². The van der Waals surface area contributed by atoms with Crippen LogP contribution in [-0.2, 0) is 11.3 Å².